The molecule has 2 saturated carbocycles. The van der Waals surface area contributed by atoms with Gasteiger partial charge >= 0.3 is 5.97 Å². The second-order valence-electron chi connectivity index (χ2n) is 7.05. The number of rotatable bonds is 5. The smallest absolute Gasteiger partial charge is 0.306 e. The van der Waals surface area contributed by atoms with Crippen LogP contribution in [0.5, 0.6) is 5.75 Å². The minimum atomic E-state index is -0.793. The predicted octanol–water partition coefficient (Wildman–Crippen LogP) is 3.98. The molecular formula is C19H24FNO4. The molecule has 0 aromatic heterocycles. The molecule has 0 atom stereocenters. The summed E-state index contributed by atoms with van der Waals surface area (Å²) in [5.41, 5.74) is 0.404. The number of halogens is 1. The Morgan fingerprint density at radius 3 is 2.28 bits per heavy atom. The molecule has 136 valence electrons. The van der Waals surface area contributed by atoms with Crippen molar-refractivity contribution in [1.29, 1.82) is 0 Å². The van der Waals surface area contributed by atoms with E-state index in [1.807, 2.05) is 0 Å². The van der Waals surface area contributed by atoms with Gasteiger partial charge in [-0.2, -0.15) is 0 Å². The van der Waals surface area contributed by atoms with Crippen molar-refractivity contribution in [2.24, 2.45) is 11.8 Å². The Balaban J connectivity index is 1.54. The van der Waals surface area contributed by atoms with E-state index in [0.717, 1.165) is 25.7 Å². The number of carbonyl (C=O) groups excluding carboxylic acids is 1. The summed E-state index contributed by atoms with van der Waals surface area (Å²) in [5, 5.41) is 11.7. The number of aliphatic carboxylic acids is 1. The SMILES string of the molecule is O=C(O)C1CCC(C(=O)Nc2ccc(OC3CCCC3)c(F)c2)CC1. The summed E-state index contributed by atoms with van der Waals surface area (Å²) in [4.78, 5) is 23.3. The maximum atomic E-state index is 14.2. The van der Waals surface area contributed by atoms with Crippen LogP contribution in [0.15, 0.2) is 18.2 Å². The highest BCUT2D eigenvalue weighted by molar-refractivity contribution is 5.92. The molecule has 0 aliphatic heterocycles. The predicted molar refractivity (Wildman–Crippen MR) is 91.0 cm³/mol. The first-order valence-corrected chi connectivity index (χ1v) is 9.03. The van der Waals surface area contributed by atoms with Crippen LogP contribution in [-0.2, 0) is 9.59 Å². The number of anilines is 1. The van der Waals surface area contributed by atoms with E-state index in [1.54, 1.807) is 12.1 Å². The van der Waals surface area contributed by atoms with Crippen molar-refractivity contribution < 1.29 is 23.8 Å². The van der Waals surface area contributed by atoms with Crippen molar-refractivity contribution in [3.05, 3.63) is 24.0 Å². The van der Waals surface area contributed by atoms with E-state index in [-0.39, 0.29) is 29.6 Å². The fourth-order valence-electron chi connectivity index (χ4n) is 3.71. The summed E-state index contributed by atoms with van der Waals surface area (Å²) < 4.78 is 19.9. The van der Waals surface area contributed by atoms with E-state index in [2.05, 4.69) is 5.32 Å². The van der Waals surface area contributed by atoms with Crippen molar-refractivity contribution in [2.45, 2.75) is 57.5 Å². The van der Waals surface area contributed by atoms with Crippen molar-refractivity contribution in [2.75, 3.05) is 5.32 Å². The van der Waals surface area contributed by atoms with E-state index in [0.29, 0.717) is 31.4 Å². The third-order valence-corrected chi connectivity index (χ3v) is 5.24. The second-order valence-corrected chi connectivity index (χ2v) is 7.05. The lowest BCUT2D eigenvalue weighted by molar-refractivity contribution is -0.143. The van der Waals surface area contributed by atoms with Crippen molar-refractivity contribution in [3.8, 4) is 5.75 Å². The summed E-state index contributed by atoms with van der Waals surface area (Å²) in [6.07, 6.45) is 6.34. The molecule has 2 aliphatic carbocycles. The minimum absolute atomic E-state index is 0.0827. The van der Waals surface area contributed by atoms with E-state index in [1.165, 1.54) is 6.07 Å². The third kappa shape index (κ3) is 4.50. The van der Waals surface area contributed by atoms with Crippen LogP contribution in [0.2, 0.25) is 0 Å². The molecule has 6 heteroatoms. The number of carboxylic acids is 1. The number of carbonyl (C=O) groups is 2. The van der Waals surface area contributed by atoms with Gasteiger partial charge < -0.3 is 15.2 Å². The maximum Gasteiger partial charge on any atom is 0.306 e. The Bertz CT molecular complexity index is 634. The first-order valence-electron chi connectivity index (χ1n) is 9.03. The van der Waals surface area contributed by atoms with Crippen LogP contribution in [0.1, 0.15) is 51.4 Å². The van der Waals surface area contributed by atoms with Crippen LogP contribution >= 0.6 is 0 Å². The Morgan fingerprint density at radius 1 is 1.04 bits per heavy atom. The number of nitrogens with one attached hydrogen (secondary N) is 1. The highest BCUT2D eigenvalue weighted by Gasteiger charge is 2.29. The monoisotopic (exact) mass is 349 g/mol. The molecule has 2 fully saturated rings. The molecule has 0 saturated heterocycles. The molecule has 1 amide bonds. The number of amides is 1. The van der Waals surface area contributed by atoms with Gasteiger partial charge in [-0.3, -0.25) is 9.59 Å². The van der Waals surface area contributed by atoms with Gasteiger partial charge in [0.15, 0.2) is 11.6 Å². The molecule has 0 bridgehead atoms. The zero-order valence-corrected chi connectivity index (χ0v) is 14.2. The first kappa shape index (κ1) is 17.7. The molecular weight excluding hydrogens is 325 g/mol. The lowest BCUT2D eigenvalue weighted by Gasteiger charge is -2.25. The van der Waals surface area contributed by atoms with Crippen LogP contribution in [0.4, 0.5) is 10.1 Å². The van der Waals surface area contributed by atoms with Crippen LogP contribution in [0.3, 0.4) is 0 Å². The molecule has 2 aliphatic rings. The molecule has 0 radical (unpaired) electrons. The largest absolute Gasteiger partial charge is 0.487 e. The Labute approximate surface area is 146 Å². The molecule has 3 rings (SSSR count). The van der Waals surface area contributed by atoms with E-state index in [9.17, 15) is 14.0 Å². The molecule has 1 aromatic carbocycles. The molecule has 25 heavy (non-hydrogen) atoms. The quantitative estimate of drug-likeness (QED) is 0.843. The Morgan fingerprint density at radius 2 is 1.68 bits per heavy atom. The van der Waals surface area contributed by atoms with Gasteiger partial charge in [-0.25, -0.2) is 4.39 Å². The lowest BCUT2D eigenvalue weighted by atomic mass is 9.81. The Kier molecular flexibility index (Phi) is 5.56. The molecule has 5 nitrogen and oxygen atoms in total. The molecule has 0 unspecified atom stereocenters. The van der Waals surface area contributed by atoms with Gasteiger partial charge in [0, 0.05) is 17.7 Å². The number of ether oxygens (including phenoxy) is 1. The normalized spacial score (nSPS) is 24.0. The summed E-state index contributed by atoms with van der Waals surface area (Å²) in [7, 11) is 0. The van der Waals surface area contributed by atoms with Gasteiger partial charge in [0.2, 0.25) is 5.91 Å². The van der Waals surface area contributed by atoms with Crippen LogP contribution in [0, 0.1) is 17.7 Å². The second kappa shape index (κ2) is 7.85. The summed E-state index contributed by atoms with van der Waals surface area (Å²) >= 11 is 0. The van der Waals surface area contributed by atoms with Crippen molar-refractivity contribution in [3.63, 3.8) is 0 Å². The highest BCUT2D eigenvalue weighted by Crippen LogP contribution is 2.31. The first-order chi connectivity index (χ1) is 12.0. The summed E-state index contributed by atoms with van der Waals surface area (Å²) in [5.74, 6) is -1.78. The third-order valence-electron chi connectivity index (χ3n) is 5.24. The van der Waals surface area contributed by atoms with Crippen LogP contribution in [0.25, 0.3) is 0 Å². The number of hydrogen-bond donors (Lipinski definition) is 2. The zero-order chi connectivity index (χ0) is 17.8. The van der Waals surface area contributed by atoms with Gasteiger partial charge in [-0.1, -0.05) is 0 Å². The summed E-state index contributed by atoms with van der Waals surface area (Å²) in [6.45, 7) is 0. The Hall–Kier alpha value is -2.11. The van der Waals surface area contributed by atoms with Crippen LogP contribution < -0.4 is 10.1 Å². The topological polar surface area (TPSA) is 75.6 Å². The maximum absolute atomic E-state index is 14.2. The van der Waals surface area contributed by atoms with Gasteiger partial charge in [0.25, 0.3) is 0 Å². The zero-order valence-electron chi connectivity index (χ0n) is 14.2. The van der Waals surface area contributed by atoms with E-state index < -0.39 is 11.8 Å². The fourth-order valence-corrected chi connectivity index (χ4v) is 3.71. The van der Waals surface area contributed by atoms with Gasteiger partial charge in [-0.15, -0.1) is 0 Å². The molecule has 0 spiro atoms. The van der Waals surface area contributed by atoms with Crippen LogP contribution in [-0.4, -0.2) is 23.1 Å². The van der Waals surface area contributed by atoms with Gasteiger partial charge in [-0.05, 0) is 63.5 Å². The fraction of sp³-hybridized carbons (Fsp3) is 0.579. The average molecular weight is 349 g/mol. The van der Waals surface area contributed by atoms with E-state index >= 15 is 0 Å². The number of benzene rings is 1. The number of hydrogen-bond acceptors (Lipinski definition) is 3. The average Bonchev–Trinajstić information content (AvgIpc) is 3.10. The molecule has 2 N–H and O–H groups in total. The lowest BCUT2D eigenvalue weighted by Crippen LogP contribution is -2.29. The van der Waals surface area contributed by atoms with Gasteiger partial charge in [0.1, 0.15) is 0 Å². The molecule has 0 heterocycles. The van der Waals surface area contributed by atoms with Crippen molar-refractivity contribution in [1.82, 2.24) is 0 Å². The van der Waals surface area contributed by atoms with Crippen molar-refractivity contribution >= 4 is 17.6 Å². The molecule has 1 aromatic rings. The highest BCUT2D eigenvalue weighted by atomic mass is 19.1. The number of carboxylic acid groups (broad SMARTS) is 1. The van der Waals surface area contributed by atoms with Gasteiger partial charge in [0.05, 0.1) is 12.0 Å². The van der Waals surface area contributed by atoms with E-state index in [4.69, 9.17) is 9.84 Å². The standard InChI is InChI=1S/C19H24FNO4/c20-16-11-14(9-10-17(16)25-15-3-1-2-4-15)21-18(22)12-5-7-13(8-6-12)19(23)24/h9-13,15H,1-8H2,(H,21,22)(H,23,24). The minimum Gasteiger partial charge on any atom is -0.487 e. The summed E-state index contributed by atoms with van der Waals surface area (Å²) in [6, 6.07) is 4.49.